The zero-order valence-corrected chi connectivity index (χ0v) is 14.0. The van der Waals surface area contributed by atoms with Crippen molar-refractivity contribution in [2.75, 3.05) is 5.32 Å². The second-order valence-electron chi connectivity index (χ2n) is 6.06. The molecule has 0 fully saturated rings. The monoisotopic (exact) mass is 307 g/mol. The van der Waals surface area contributed by atoms with Gasteiger partial charge in [-0.25, -0.2) is 4.98 Å². The summed E-state index contributed by atoms with van der Waals surface area (Å²) in [6.45, 7) is 8.29. The van der Waals surface area contributed by atoms with E-state index in [2.05, 4.69) is 29.4 Å². The van der Waals surface area contributed by atoms with Crippen molar-refractivity contribution in [1.29, 1.82) is 0 Å². The first kappa shape index (κ1) is 15.3. The van der Waals surface area contributed by atoms with Crippen LogP contribution in [0.2, 0.25) is 0 Å². The van der Waals surface area contributed by atoms with Gasteiger partial charge in [0, 0.05) is 5.69 Å². The third-order valence-electron chi connectivity index (χ3n) is 4.09. The van der Waals surface area contributed by atoms with Crippen LogP contribution in [0.15, 0.2) is 36.4 Å². The average molecular weight is 307 g/mol. The van der Waals surface area contributed by atoms with Gasteiger partial charge in [-0.05, 0) is 51.0 Å². The van der Waals surface area contributed by atoms with Gasteiger partial charge in [-0.1, -0.05) is 29.8 Å². The molecule has 0 bridgehead atoms. The molecule has 0 aliphatic rings. The number of anilines is 1. The summed E-state index contributed by atoms with van der Waals surface area (Å²) in [6, 6.07) is 12.0. The minimum Gasteiger partial charge on any atom is -0.324 e. The van der Waals surface area contributed by atoms with Gasteiger partial charge in [0.25, 0.3) is 0 Å². The van der Waals surface area contributed by atoms with Crippen LogP contribution in [0, 0.1) is 27.7 Å². The number of aromatic nitrogens is 2. The number of benzene rings is 2. The maximum atomic E-state index is 12.5. The lowest BCUT2D eigenvalue weighted by molar-refractivity contribution is -0.116. The summed E-state index contributed by atoms with van der Waals surface area (Å²) in [7, 11) is 0. The molecule has 118 valence electrons. The number of aryl methyl sites for hydroxylation is 4. The Kier molecular flexibility index (Phi) is 3.90. The van der Waals surface area contributed by atoms with Gasteiger partial charge in [-0.15, -0.1) is 0 Å². The molecule has 1 heterocycles. The summed E-state index contributed by atoms with van der Waals surface area (Å²) < 4.78 is 1.95. The van der Waals surface area contributed by atoms with E-state index in [0.717, 1.165) is 33.7 Å². The number of carbonyl (C=O) groups excluding carboxylic acids is 1. The van der Waals surface area contributed by atoms with Gasteiger partial charge in [-0.2, -0.15) is 0 Å². The number of rotatable bonds is 3. The van der Waals surface area contributed by atoms with Crippen LogP contribution in [0.25, 0.3) is 11.0 Å². The molecule has 3 rings (SSSR count). The van der Waals surface area contributed by atoms with Gasteiger partial charge >= 0.3 is 0 Å². The number of carbonyl (C=O) groups is 1. The molecule has 0 aliphatic carbocycles. The molecule has 2 aromatic carbocycles. The Morgan fingerprint density at radius 1 is 1.09 bits per heavy atom. The Morgan fingerprint density at radius 3 is 2.43 bits per heavy atom. The largest absolute Gasteiger partial charge is 0.324 e. The van der Waals surface area contributed by atoms with Crippen molar-refractivity contribution in [2.45, 2.75) is 34.2 Å². The van der Waals surface area contributed by atoms with Crippen LogP contribution in [0.3, 0.4) is 0 Å². The molecule has 0 saturated carbocycles. The van der Waals surface area contributed by atoms with Crippen molar-refractivity contribution in [1.82, 2.24) is 9.55 Å². The van der Waals surface area contributed by atoms with Crippen molar-refractivity contribution in [3.63, 3.8) is 0 Å². The number of imidazole rings is 1. The second-order valence-corrected chi connectivity index (χ2v) is 6.06. The first-order valence-electron chi connectivity index (χ1n) is 7.75. The minimum atomic E-state index is -0.0358. The molecule has 0 aliphatic heterocycles. The fraction of sp³-hybridized carbons (Fsp3) is 0.263. The molecular weight excluding hydrogens is 286 g/mol. The van der Waals surface area contributed by atoms with Gasteiger partial charge in [0.2, 0.25) is 5.91 Å². The lowest BCUT2D eigenvalue weighted by Crippen LogP contribution is -2.20. The molecule has 0 spiro atoms. The van der Waals surface area contributed by atoms with E-state index in [0.29, 0.717) is 0 Å². The molecular formula is C19H21N3O. The SMILES string of the molecule is Cc1cc(C)c(NC(=O)Cn2c(C)nc3ccccc32)c(C)c1. The summed E-state index contributed by atoms with van der Waals surface area (Å²) in [6.07, 6.45) is 0. The Balaban J connectivity index is 1.86. The van der Waals surface area contributed by atoms with E-state index in [1.807, 2.05) is 49.6 Å². The summed E-state index contributed by atoms with van der Waals surface area (Å²) in [5.74, 6) is 0.810. The van der Waals surface area contributed by atoms with E-state index in [1.165, 1.54) is 5.56 Å². The number of amides is 1. The van der Waals surface area contributed by atoms with E-state index < -0.39 is 0 Å². The normalized spacial score (nSPS) is 11.0. The zero-order valence-electron chi connectivity index (χ0n) is 14.0. The number of para-hydroxylation sites is 2. The summed E-state index contributed by atoms with van der Waals surface area (Å²) in [5.41, 5.74) is 6.18. The van der Waals surface area contributed by atoms with E-state index in [-0.39, 0.29) is 12.5 Å². The van der Waals surface area contributed by atoms with Gasteiger partial charge < -0.3 is 9.88 Å². The zero-order chi connectivity index (χ0) is 16.6. The molecule has 1 amide bonds. The predicted octanol–water partition coefficient (Wildman–Crippen LogP) is 3.91. The van der Waals surface area contributed by atoms with Crippen LogP contribution >= 0.6 is 0 Å². The lowest BCUT2D eigenvalue weighted by atomic mass is 10.1. The first-order valence-corrected chi connectivity index (χ1v) is 7.75. The highest BCUT2D eigenvalue weighted by Crippen LogP contribution is 2.22. The molecule has 0 saturated heterocycles. The maximum Gasteiger partial charge on any atom is 0.244 e. The molecule has 0 unspecified atom stereocenters. The first-order chi connectivity index (χ1) is 11.0. The van der Waals surface area contributed by atoms with Gasteiger partial charge in [-0.3, -0.25) is 4.79 Å². The summed E-state index contributed by atoms with van der Waals surface area (Å²) >= 11 is 0. The van der Waals surface area contributed by atoms with Gasteiger partial charge in [0.15, 0.2) is 0 Å². The molecule has 4 heteroatoms. The fourth-order valence-corrected chi connectivity index (χ4v) is 3.10. The topological polar surface area (TPSA) is 46.9 Å². The quantitative estimate of drug-likeness (QED) is 0.797. The molecule has 1 N–H and O–H groups in total. The highest BCUT2D eigenvalue weighted by Gasteiger charge is 2.12. The molecule has 1 aromatic heterocycles. The smallest absolute Gasteiger partial charge is 0.244 e. The number of nitrogens with one attached hydrogen (secondary N) is 1. The van der Waals surface area contributed by atoms with Crippen LogP contribution in [0.5, 0.6) is 0 Å². The third-order valence-corrected chi connectivity index (χ3v) is 4.09. The van der Waals surface area contributed by atoms with Gasteiger partial charge in [0.1, 0.15) is 12.4 Å². The van der Waals surface area contributed by atoms with Crippen molar-refractivity contribution >= 4 is 22.6 Å². The number of hydrogen-bond acceptors (Lipinski definition) is 2. The molecule has 3 aromatic rings. The van der Waals surface area contributed by atoms with Crippen molar-refractivity contribution < 1.29 is 4.79 Å². The molecule has 0 atom stereocenters. The average Bonchev–Trinajstić information content (AvgIpc) is 2.79. The molecule has 0 radical (unpaired) electrons. The Labute approximate surface area is 136 Å². The number of fused-ring (bicyclic) bond motifs is 1. The van der Waals surface area contributed by atoms with Crippen molar-refractivity contribution in [3.8, 4) is 0 Å². The third kappa shape index (κ3) is 2.97. The fourth-order valence-electron chi connectivity index (χ4n) is 3.10. The van der Waals surface area contributed by atoms with Gasteiger partial charge in [0.05, 0.1) is 11.0 Å². The molecule has 4 nitrogen and oxygen atoms in total. The maximum absolute atomic E-state index is 12.5. The van der Waals surface area contributed by atoms with Crippen LogP contribution in [0.1, 0.15) is 22.5 Å². The lowest BCUT2D eigenvalue weighted by Gasteiger charge is -2.14. The van der Waals surface area contributed by atoms with Crippen molar-refractivity contribution in [2.24, 2.45) is 0 Å². The van der Waals surface area contributed by atoms with Crippen LogP contribution in [-0.4, -0.2) is 15.5 Å². The van der Waals surface area contributed by atoms with E-state index >= 15 is 0 Å². The Bertz CT molecular complexity index is 870. The van der Waals surface area contributed by atoms with E-state index in [4.69, 9.17) is 0 Å². The minimum absolute atomic E-state index is 0.0358. The second kappa shape index (κ2) is 5.88. The van der Waals surface area contributed by atoms with Crippen LogP contribution < -0.4 is 5.32 Å². The highest BCUT2D eigenvalue weighted by molar-refractivity contribution is 5.93. The van der Waals surface area contributed by atoms with E-state index in [1.54, 1.807) is 0 Å². The van der Waals surface area contributed by atoms with Crippen molar-refractivity contribution in [3.05, 3.63) is 58.9 Å². The number of nitrogens with zero attached hydrogens (tertiary/aromatic N) is 2. The highest BCUT2D eigenvalue weighted by atomic mass is 16.1. The number of hydrogen-bond donors (Lipinski definition) is 1. The standard InChI is InChI=1S/C19H21N3O/c1-12-9-13(2)19(14(3)10-12)21-18(23)11-22-15(4)20-16-7-5-6-8-17(16)22/h5-10H,11H2,1-4H3,(H,21,23). The Morgan fingerprint density at radius 2 is 1.74 bits per heavy atom. The van der Waals surface area contributed by atoms with Crippen LogP contribution in [0.4, 0.5) is 5.69 Å². The Hall–Kier alpha value is -2.62. The summed E-state index contributed by atoms with van der Waals surface area (Å²) in [5, 5.41) is 3.05. The predicted molar refractivity (Wildman–Crippen MR) is 93.8 cm³/mol. The van der Waals surface area contributed by atoms with Crippen LogP contribution in [-0.2, 0) is 11.3 Å². The van der Waals surface area contributed by atoms with E-state index in [9.17, 15) is 4.79 Å². The summed E-state index contributed by atoms with van der Waals surface area (Å²) in [4.78, 5) is 17.0. The molecule has 23 heavy (non-hydrogen) atoms.